The highest BCUT2D eigenvalue weighted by Gasteiger charge is 2.23. The van der Waals surface area contributed by atoms with Crippen molar-refractivity contribution in [1.82, 2.24) is 14.8 Å². The van der Waals surface area contributed by atoms with E-state index in [9.17, 15) is 4.79 Å². The number of anilines is 1. The maximum Gasteiger partial charge on any atom is 0.414 e. The Balaban J connectivity index is 2.45. The van der Waals surface area contributed by atoms with E-state index in [2.05, 4.69) is 10.1 Å². The first-order valence-electron chi connectivity index (χ1n) is 7.99. The summed E-state index contributed by atoms with van der Waals surface area (Å²) in [5.74, 6) is 0. The third-order valence-corrected chi connectivity index (χ3v) is 2.60. The van der Waals surface area contributed by atoms with E-state index < -0.39 is 18.7 Å². The minimum Gasteiger partial charge on any atom is -0.443 e. The molecular formula is C15H20N4O2. The highest BCUT2D eigenvalue weighted by molar-refractivity contribution is 5.87. The molecule has 0 N–H and O–H groups in total. The smallest absolute Gasteiger partial charge is 0.414 e. The zero-order valence-corrected chi connectivity index (χ0v) is 12.5. The normalized spacial score (nSPS) is 14.0. The van der Waals surface area contributed by atoms with Gasteiger partial charge in [0.05, 0.1) is 29.5 Å². The van der Waals surface area contributed by atoms with Crippen LogP contribution in [0.4, 0.5) is 10.5 Å². The van der Waals surface area contributed by atoms with Gasteiger partial charge in [0.2, 0.25) is 0 Å². The fraction of sp³-hybridized carbons (Fsp3) is 0.400. The van der Waals surface area contributed by atoms with Crippen LogP contribution in [-0.4, -0.2) is 33.4 Å². The molecule has 0 atom stereocenters. The lowest BCUT2D eigenvalue weighted by Gasteiger charge is -2.24. The van der Waals surface area contributed by atoms with Crippen molar-refractivity contribution in [3.05, 3.63) is 36.4 Å². The van der Waals surface area contributed by atoms with Gasteiger partial charge < -0.3 is 4.74 Å². The zero-order chi connectivity index (χ0) is 18.1. The number of carbonyl (C=O) groups is 1. The molecule has 0 aliphatic rings. The molecule has 2 aromatic heterocycles. The monoisotopic (exact) mass is 291 g/mol. The molecule has 1 amide bonds. The van der Waals surface area contributed by atoms with Crippen molar-refractivity contribution in [3.63, 3.8) is 0 Å². The van der Waals surface area contributed by atoms with E-state index in [0.717, 1.165) is 0 Å². The van der Waals surface area contributed by atoms with Crippen molar-refractivity contribution in [2.24, 2.45) is 0 Å². The van der Waals surface area contributed by atoms with Crippen LogP contribution in [0.3, 0.4) is 0 Å². The number of aromatic nitrogens is 3. The van der Waals surface area contributed by atoms with Crippen LogP contribution in [0.5, 0.6) is 0 Å². The van der Waals surface area contributed by atoms with Gasteiger partial charge in [0.1, 0.15) is 5.60 Å². The Labute approximate surface area is 128 Å². The Hall–Kier alpha value is -2.37. The van der Waals surface area contributed by atoms with E-state index >= 15 is 0 Å². The standard InChI is InChI=1S/C15H20N4O2/c1-11-13(18(5)14(20)21-15(2,3)4)10-19(17-11)12-7-6-8-16-9-12/h6-10H,1-5H3/i5D3. The van der Waals surface area contributed by atoms with Crippen LogP contribution >= 0.6 is 0 Å². The number of aryl methyl sites for hydroxylation is 1. The second-order valence-electron chi connectivity index (χ2n) is 5.57. The number of amides is 1. The van der Waals surface area contributed by atoms with Gasteiger partial charge in [-0.3, -0.25) is 9.88 Å². The molecule has 0 aliphatic carbocycles. The van der Waals surface area contributed by atoms with Gasteiger partial charge in [-0.15, -0.1) is 0 Å². The van der Waals surface area contributed by atoms with Gasteiger partial charge in [0.15, 0.2) is 0 Å². The summed E-state index contributed by atoms with van der Waals surface area (Å²) in [7, 11) is 0. The van der Waals surface area contributed by atoms with Crippen LogP contribution < -0.4 is 4.90 Å². The van der Waals surface area contributed by atoms with Crippen LogP contribution in [-0.2, 0) is 4.74 Å². The van der Waals surface area contributed by atoms with Crippen molar-refractivity contribution in [3.8, 4) is 5.69 Å². The van der Waals surface area contributed by atoms with Gasteiger partial charge in [0.25, 0.3) is 0 Å². The quantitative estimate of drug-likeness (QED) is 0.853. The first-order chi connectivity index (χ1) is 11.0. The van der Waals surface area contributed by atoms with Gasteiger partial charge in [0, 0.05) is 17.3 Å². The first kappa shape index (κ1) is 11.3. The summed E-state index contributed by atoms with van der Waals surface area (Å²) in [6.45, 7) is 3.96. The topological polar surface area (TPSA) is 60.2 Å². The molecule has 6 nitrogen and oxygen atoms in total. The van der Waals surface area contributed by atoms with E-state index in [0.29, 0.717) is 16.3 Å². The molecular weight excluding hydrogens is 268 g/mol. The Morgan fingerprint density at radius 2 is 2.24 bits per heavy atom. The molecule has 6 heteroatoms. The SMILES string of the molecule is [2H]C([2H])([2H])N(C(=O)OC(C)(C)C)c1cn(-c2cccnc2)nc1C. The van der Waals surface area contributed by atoms with Crippen LogP contribution in [0.25, 0.3) is 5.69 Å². The van der Waals surface area contributed by atoms with E-state index in [-0.39, 0.29) is 5.69 Å². The van der Waals surface area contributed by atoms with E-state index in [1.54, 1.807) is 52.2 Å². The van der Waals surface area contributed by atoms with E-state index in [4.69, 9.17) is 8.85 Å². The predicted octanol–water partition coefficient (Wildman–Crippen LogP) is 2.95. The fourth-order valence-corrected chi connectivity index (χ4v) is 1.70. The highest BCUT2D eigenvalue weighted by atomic mass is 16.6. The molecule has 0 unspecified atom stereocenters. The Morgan fingerprint density at radius 3 is 2.81 bits per heavy atom. The number of hydrogen-bond acceptors (Lipinski definition) is 4. The average molecular weight is 291 g/mol. The zero-order valence-electron chi connectivity index (χ0n) is 15.5. The number of hydrogen-bond donors (Lipinski definition) is 0. The highest BCUT2D eigenvalue weighted by Crippen LogP contribution is 2.21. The Morgan fingerprint density at radius 1 is 1.48 bits per heavy atom. The third-order valence-electron chi connectivity index (χ3n) is 2.60. The summed E-state index contributed by atoms with van der Waals surface area (Å²) < 4.78 is 29.8. The molecule has 2 heterocycles. The van der Waals surface area contributed by atoms with Crippen molar-refractivity contribution in [1.29, 1.82) is 0 Å². The van der Waals surface area contributed by atoms with Gasteiger partial charge in [-0.25, -0.2) is 9.48 Å². The molecule has 0 aliphatic heterocycles. The van der Waals surface area contributed by atoms with Crippen molar-refractivity contribution in [2.75, 3.05) is 11.9 Å². The van der Waals surface area contributed by atoms with Crippen molar-refractivity contribution < 1.29 is 13.6 Å². The maximum absolute atomic E-state index is 12.4. The van der Waals surface area contributed by atoms with Crippen LogP contribution in [0.15, 0.2) is 30.7 Å². The number of pyridine rings is 1. The Bertz CT molecular complexity index is 721. The number of rotatable bonds is 2. The average Bonchev–Trinajstić information content (AvgIpc) is 2.78. The van der Waals surface area contributed by atoms with E-state index in [1.165, 1.54) is 10.9 Å². The molecule has 0 saturated carbocycles. The molecule has 2 aromatic rings. The molecule has 21 heavy (non-hydrogen) atoms. The molecule has 0 saturated heterocycles. The fourth-order valence-electron chi connectivity index (χ4n) is 1.70. The minimum absolute atomic E-state index is 0.160. The van der Waals surface area contributed by atoms with Crippen LogP contribution in [0.2, 0.25) is 0 Å². The lowest BCUT2D eigenvalue weighted by molar-refractivity contribution is 0.0589. The van der Waals surface area contributed by atoms with Crippen LogP contribution in [0, 0.1) is 6.92 Å². The molecule has 0 aromatic carbocycles. The second-order valence-corrected chi connectivity index (χ2v) is 5.57. The molecule has 112 valence electrons. The Kier molecular flexibility index (Phi) is 2.99. The van der Waals surface area contributed by atoms with Crippen LogP contribution in [0.1, 0.15) is 30.6 Å². The number of ether oxygens (including phenoxy) is 1. The molecule has 0 radical (unpaired) electrons. The van der Waals surface area contributed by atoms with E-state index in [1.807, 2.05) is 0 Å². The molecule has 0 fully saturated rings. The summed E-state index contributed by atoms with van der Waals surface area (Å²) in [5, 5.41) is 4.27. The van der Waals surface area contributed by atoms with Gasteiger partial charge >= 0.3 is 6.09 Å². The predicted molar refractivity (Wildman–Crippen MR) is 80.7 cm³/mol. The first-order valence-corrected chi connectivity index (χ1v) is 6.49. The summed E-state index contributed by atoms with van der Waals surface area (Å²) in [6.07, 6.45) is 3.73. The third kappa shape index (κ3) is 3.59. The summed E-state index contributed by atoms with van der Waals surface area (Å²) in [4.78, 5) is 17.0. The largest absolute Gasteiger partial charge is 0.443 e. The maximum atomic E-state index is 12.4. The van der Waals surface area contributed by atoms with Crippen molar-refractivity contribution in [2.45, 2.75) is 33.3 Å². The molecule has 0 spiro atoms. The molecule has 2 rings (SSSR count). The minimum atomic E-state index is -2.70. The van der Waals surface area contributed by atoms with Gasteiger partial charge in [-0.05, 0) is 39.8 Å². The molecule has 0 bridgehead atoms. The summed E-state index contributed by atoms with van der Waals surface area (Å²) in [5.41, 5.74) is 0.392. The van der Waals surface area contributed by atoms with Crippen molar-refractivity contribution >= 4 is 11.8 Å². The lowest BCUT2D eigenvalue weighted by atomic mass is 10.2. The second kappa shape index (κ2) is 5.55. The van der Waals surface area contributed by atoms with Gasteiger partial charge in [-0.2, -0.15) is 5.10 Å². The lowest BCUT2D eigenvalue weighted by Crippen LogP contribution is -2.34. The summed E-state index contributed by atoms with van der Waals surface area (Å²) >= 11 is 0. The summed E-state index contributed by atoms with van der Waals surface area (Å²) in [6, 6.07) is 3.51. The number of nitrogens with zero attached hydrogens (tertiary/aromatic N) is 4. The van der Waals surface area contributed by atoms with Gasteiger partial charge in [-0.1, -0.05) is 0 Å². The number of carbonyl (C=O) groups excluding carboxylic acids is 1.